The number of carbonyl (C=O) groups is 3. The first-order valence-electron chi connectivity index (χ1n) is 13.4. The second-order valence-electron chi connectivity index (χ2n) is 11.1. The number of hydrogen-bond donors (Lipinski definition) is 1. The Hall–Kier alpha value is -4.08. The number of nitrogens with zero attached hydrogens (tertiary/aromatic N) is 4. The average molecular weight is 646 g/mol. The lowest BCUT2D eigenvalue weighted by molar-refractivity contribution is -0.145. The molecule has 4 rings (SSSR count). The molecule has 0 bridgehead atoms. The average Bonchev–Trinajstić information content (AvgIpc) is 3.58. The number of anilines is 1. The van der Waals surface area contributed by atoms with Gasteiger partial charge in [-0.1, -0.05) is 12.1 Å². The standard InChI is InChI=1S/C29H35N5O8S2/c1-28(2)18-43-25(31-28)24(35)29(3,26(36)42-23-11-9-8-10-22(23)40-7)34(44(38,39)21-16-30-33(6)17-21)19-12-14-20(15-13-19)41-27(37)32(4)5/h8-17,25,31H,18H2,1-7H3/t25-,29+/m0/s1. The van der Waals surface area contributed by atoms with Gasteiger partial charge < -0.3 is 19.1 Å². The van der Waals surface area contributed by atoms with Crippen molar-refractivity contribution in [2.75, 3.05) is 31.3 Å². The van der Waals surface area contributed by atoms with Gasteiger partial charge in [-0.05, 0) is 57.2 Å². The maximum absolute atomic E-state index is 14.5. The van der Waals surface area contributed by atoms with Gasteiger partial charge in [0.2, 0.25) is 5.54 Å². The highest BCUT2D eigenvalue weighted by Crippen LogP contribution is 2.39. The molecular formula is C29H35N5O8S2. The number of sulfonamides is 1. The second-order valence-corrected chi connectivity index (χ2v) is 14.0. The number of ether oxygens (including phenoxy) is 3. The van der Waals surface area contributed by atoms with Gasteiger partial charge >= 0.3 is 12.1 Å². The number of aryl methyl sites for hydroxylation is 1. The first kappa shape index (κ1) is 32.8. The number of Topliss-reactive ketones (excluding diaryl/α,β-unsaturated/α-hetero) is 1. The van der Waals surface area contributed by atoms with E-state index in [9.17, 15) is 22.8 Å². The summed E-state index contributed by atoms with van der Waals surface area (Å²) in [5.74, 6) is -1.05. The summed E-state index contributed by atoms with van der Waals surface area (Å²) in [5.41, 5.74) is -2.99. The molecule has 2 heterocycles. The molecule has 1 saturated heterocycles. The molecule has 0 unspecified atom stereocenters. The van der Waals surface area contributed by atoms with Crippen molar-refractivity contribution in [1.82, 2.24) is 20.0 Å². The molecule has 2 atom stereocenters. The van der Waals surface area contributed by atoms with Gasteiger partial charge in [0.25, 0.3) is 10.0 Å². The zero-order chi connectivity index (χ0) is 32.4. The predicted octanol–water partition coefficient (Wildman–Crippen LogP) is 3.06. The second kappa shape index (κ2) is 12.5. The molecule has 1 aromatic heterocycles. The van der Waals surface area contributed by atoms with Crippen LogP contribution >= 0.6 is 11.8 Å². The Morgan fingerprint density at radius 1 is 1.07 bits per heavy atom. The number of nitrogens with one attached hydrogen (secondary N) is 1. The Bertz CT molecular complexity index is 1660. The third-order valence-corrected chi connectivity index (χ3v) is 10.2. The van der Waals surface area contributed by atoms with Gasteiger partial charge in [0.15, 0.2) is 17.3 Å². The van der Waals surface area contributed by atoms with Crippen LogP contribution in [0.1, 0.15) is 20.8 Å². The van der Waals surface area contributed by atoms with Crippen molar-refractivity contribution in [3.63, 3.8) is 0 Å². The summed E-state index contributed by atoms with van der Waals surface area (Å²) >= 11 is 1.26. The molecule has 0 aliphatic carbocycles. The number of rotatable bonds is 10. The van der Waals surface area contributed by atoms with Crippen LogP contribution < -0.4 is 23.8 Å². The number of hydrogen-bond acceptors (Lipinski definition) is 11. The lowest BCUT2D eigenvalue weighted by Crippen LogP contribution is -2.65. The molecule has 1 aliphatic rings. The summed E-state index contributed by atoms with van der Waals surface area (Å²) in [6.45, 7) is 5.01. The maximum Gasteiger partial charge on any atom is 0.414 e. The maximum atomic E-state index is 14.5. The van der Waals surface area contributed by atoms with Gasteiger partial charge in [-0.3, -0.25) is 14.8 Å². The van der Waals surface area contributed by atoms with Crippen LogP contribution in [0.3, 0.4) is 0 Å². The van der Waals surface area contributed by atoms with Gasteiger partial charge in [-0.15, -0.1) is 11.8 Å². The molecule has 0 spiro atoms. The molecule has 13 nitrogen and oxygen atoms in total. The van der Waals surface area contributed by atoms with Crippen molar-refractivity contribution in [3.05, 3.63) is 60.9 Å². The van der Waals surface area contributed by atoms with E-state index >= 15 is 0 Å². The Kier molecular flexibility index (Phi) is 9.32. The van der Waals surface area contributed by atoms with Gasteiger partial charge in [-0.2, -0.15) is 5.10 Å². The first-order valence-corrected chi connectivity index (χ1v) is 15.9. The Balaban J connectivity index is 1.91. The van der Waals surface area contributed by atoms with Gasteiger partial charge in [0.1, 0.15) is 16.0 Å². The van der Waals surface area contributed by atoms with E-state index in [4.69, 9.17) is 14.2 Å². The quantitative estimate of drug-likeness (QED) is 0.197. The SMILES string of the molecule is COc1ccccc1OC(=O)[C@@](C)(C(=O)[C@H]1NC(C)(C)CS1)N(c1ccc(OC(=O)N(C)C)cc1)S(=O)(=O)c1cnn(C)c1. The number of carbonyl (C=O) groups excluding carboxylic acids is 3. The van der Waals surface area contributed by atoms with Crippen LogP contribution in [-0.4, -0.2) is 84.4 Å². The third-order valence-electron chi connectivity index (χ3n) is 6.79. The molecule has 1 fully saturated rings. The summed E-state index contributed by atoms with van der Waals surface area (Å²) in [6, 6.07) is 11.7. The van der Waals surface area contributed by atoms with Crippen LogP contribution in [0.2, 0.25) is 0 Å². The lowest BCUT2D eigenvalue weighted by Gasteiger charge is -2.39. The smallest absolute Gasteiger partial charge is 0.414 e. The normalized spacial score (nSPS) is 17.3. The van der Waals surface area contributed by atoms with Crippen molar-refractivity contribution in [1.29, 1.82) is 0 Å². The van der Waals surface area contributed by atoms with Crippen molar-refractivity contribution >= 4 is 45.3 Å². The monoisotopic (exact) mass is 645 g/mol. The van der Waals surface area contributed by atoms with Gasteiger partial charge in [0, 0.05) is 38.6 Å². The van der Waals surface area contributed by atoms with E-state index in [1.165, 1.54) is 86.0 Å². The van der Waals surface area contributed by atoms with E-state index in [-0.39, 0.29) is 27.8 Å². The summed E-state index contributed by atoms with van der Waals surface area (Å²) in [4.78, 5) is 41.9. The minimum absolute atomic E-state index is 0.00365. The highest BCUT2D eigenvalue weighted by molar-refractivity contribution is 8.01. The number of esters is 1. The number of methoxy groups -OCH3 is 1. The molecule has 0 radical (unpaired) electrons. The highest BCUT2D eigenvalue weighted by Gasteiger charge is 2.57. The molecule has 236 valence electrons. The van der Waals surface area contributed by atoms with Crippen molar-refractivity contribution < 1.29 is 37.0 Å². The fraction of sp³-hybridized carbons (Fsp3) is 0.379. The van der Waals surface area contributed by atoms with E-state index in [2.05, 4.69) is 10.4 Å². The molecule has 1 N–H and O–H groups in total. The number of ketones is 1. The molecule has 1 aliphatic heterocycles. The number of amides is 1. The number of para-hydroxylation sites is 2. The Morgan fingerprint density at radius 3 is 2.23 bits per heavy atom. The summed E-state index contributed by atoms with van der Waals surface area (Å²) < 4.78 is 47.3. The van der Waals surface area contributed by atoms with E-state index in [1.807, 2.05) is 13.8 Å². The molecule has 1 amide bonds. The molecule has 2 aromatic carbocycles. The zero-order valence-corrected chi connectivity index (χ0v) is 27.1. The molecule has 44 heavy (non-hydrogen) atoms. The van der Waals surface area contributed by atoms with Gasteiger partial charge in [0.05, 0.1) is 19.0 Å². The number of benzene rings is 2. The largest absolute Gasteiger partial charge is 0.493 e. The summed E-state index contributed by atoms with van der Waals surface area (Å²) in [5, 5.41) is 6.24. The van der Waals surface area contributed by atoms with Crippen LogP contribution in [0.15, 0.2) is 65.8 Å². The molecular weight excluding hydrogens is 610 g/mol. The fourth-order valence-corrected chi connectivity index (χ4v) is 7.60. The van der Waals surface area contributed by atoms with Crippen molar-refractivity contribution in [2.24, 2.45) is 7.05 Å². The van der Waals surface area contributed by atoms with Crippen LogP contribution in [0.5, 0.6) is 17.2 Å². The summed E-state index contributed by atoms with van der Waals surface area (Å²) in [7, 11) is 1.31. The van der Waals surface area contributed by atoms with Crippen LogP contribution in [0.25, 0.3) is 0 Å². The number of thioether (sulfide) groups is 1. The zero-order valence-electron chi connectivity index (χ0n) is 25.4. The van der Waals surface area contributed by atoms with Crippen LogP contribution in [0, 0.1) is 0 Å². The highest BCUT2D eigenvalue weighted by atomic mass is 32.2. The Labute approximate surface area is 260 Å². The van der Waals surface area contributed by atoms with E-state index in [0.29, 0.717) is 5.75 Å². The minimum Gasteiger partial charge on any atom is -0.493 e. The summed E-state index contributed by atoms with van der Waals surface area (Å²) in [6.07, 6.45) is 1.74. The van der Waals surface area contributed by atoms with Crippen LogP contribution in [-0.2, 0) is 26.7 Å². The van der Waals surface area contributed by atoms with E-state index in [1.54, 1.807) is 25.2 Å². The lowest BCUT2D eigenvalue weighted by atomic mass is 9.94. The van der Waals surface area contributed by atoms with E-state index in [0.717, 1.165) is 10.5 Å². The molecule has 3 aromatic rings. The fourth-order valence-electron chi connectivity index (χ4n) is 4.43. The van der Waals surface area contributed by atoms with E-state index < -0.39 is 44.3 Å². The van der Waals surface area contributed by atoms with Gasteiger partial charge in [-0.25, -0.2) is 22.3 Å². The Morgan fingerprint density at radius 2 is 1.70 bits per heavy atom. The topological polar surface area (TPSA) is 149 Å². The predicted molar refractivity (Wildman–Crippen MR) is 165 cm³/mol. The van der Waals surface area contributed by atoms with Crippen molar-refractivity contribution in [3.8, 4) is 17.2 Å². The third kappa shape index (κ3) is 6.54. The van der Waals surface area contributed by atoms with Crippen molar-refractivity contribution in [2.45, 2.75) is 42.1 Å². The van der Waals surface area contributed by atoms with Crippen LogP contribution in [0.4, 0.5) is 10.5 Å². The number of aromatic nitrogens is 2. The molecule has 0 saturated carbocycles. The molecule has 15 heteroatoms. The first-order chi connectivity index (χ1) is 20.6. The minimum atomic E-state index is -4.65.